The maximum absolute atomic E-state index is 6.14. The van der Waals surface area contributed by atoms with E-state index in [9.17, 15) is 0 Å². The average Bonchev–Trinajstić information content (AvgIpc) is 2.92. The summed E-state index contributed by atoms with van der Waals surface area (Å²) in [6.07, 6.45) is 3.42. The van der Waals surface area contributed by atoms with Crippen LogP contribution in [0.5, 0.6) is 5.75 Å². The molecule has 1 aromatic rings. The van der Waals surface area contributed by atoms with Crippen LogP contribution < -0.4 is 10.5 Å². The van der Waals surface area contributed by atoms with Gasteiger partial charge in [0.2, 0.25) is 0 Å². The van der Waals surface area contributed by atoms with E-state index in [1.54, 1.807) is 0 Å². The largest absolute Gasteiger partial charge is 0.485 e. The molecule has 3 nitrogen and oxygen atoms in total. The third-order valence-electron chi connectivity index (χ3n) is 3.31. The molecule has 86 valence electrons. The van der Waals surface area contributed by atoms with Gasteiger partial charge in [-0.05, 0) is 30.9 Å². The standard InChI is InChI=1S/C13H17NO2/c14-13(5-6-13)7-10-3-1-2-4-12(10)16-11-8-15-9-11/h1-4,11H,5-9,14H2. The van der Waals surface area contributed by atoms with Gasteiger partial charge in [0.15, 0.2) is 0 Å². The zero-order valence-electron chi connectivity index (χ0n) is 9.32. The van der Waals surface area contributed by atoms with Gasteiger partial charge in [-0.25, -0.2) is 0 Å². The number of benzene rings is 1. The van der Waals surface area contributed by atoms with Crippen molar-refractivity contribution in [2.45, 2.75) is 30.9 Å². The monoisotopic (exact) mass is 219 g/mol. The lowest BCUT2D eigenvalue weighted by atomic mass is 10.0. The maximum atomic E-state index is 6.14. The number of nitrogens with two attached hydrogens (primary N) is 1. The smallest absolute Gasteiger partial charge is 0.145 e. The minimum Gasteiger partial charge on any atom is -0.485 e. The van der Waals surface area contributed by atoms with Gasteiger partial charge in [-0.3, -0.25) is 0 Å². The summed E-state index contributed by atoms with van der Waals surface area (Å²) >= 11 is 0. The highest BCUT2D eigenvalue weighted by atomic mass is 16.6. The van der Waals surface area contributed by atoms with Gasteiger partial charge < -0.3 is 15.2 Å². The van der Waals surface area contributed by atoms with Crippen molar-refractivity contribution in [3.05, 3.63) is 29.8 Å². The molecule has 0 unspecified atom stereocenters. The Balaban J connectivity index is 1.74. The molecule has 1 saturated heterocycles. The molecule has 2 aliphatic rings. The molecule has 1 saturated carbocycles. The number of hydrogen-bond donors (Lipinski definition) is 1. The molecule has 3 heteroatoms. The molecule has 3 rings (SSSR count). The highest BCUT2D eigenvalue weighted by molar-refractivity contribution is 5.36. The van der Waals surface area contributed by atoms with Crippen molar-refractivity contribution in [2.24, 2.45) is 5.73 Å². The van der Waals surface area contributed by atoms with Crippen LogP contribution in [0.15, 0.2) is 24.3 Å². The highest BCUT2D eigenvalue weighted by Gasteiger charge is 2.38. The molecule has 0 radical (unpaired) electrons. The summed E-state index contributed by atoms with van der Waals surface area (Å²) in [7, 11) is 0. The molecule has 0 amide bonds. The third-order valence-corrected chi connectivity index (χ3v) is 3.31. The van der Waals surface area contributed by atoms with Crippen LogP contribution in [0, 0.1) is 0 Å². The molecule has 0 bridgehead atoms. The van der Waals surface area contributed by atoms with Gasteiger partial charge in [0.25, 0.3) is 0 Å². The van der Waals surface area contributed by atoms with Crippen molar-refractivity contribution in [1.82, 2.24) is 0 Å². The minimum absolute atomic E-state index is 0.0373. The molecule has 1 heterocycles. The summed E-state index contributed by atoms with van der Waals surface area (Å²) in [5.74, 6) is 0.979. The number of para-hydroxylation sites is 1. The van der Waals surface area contributed by atoms with Gasteiger partial charge in [-0.2, -0.15) is 0 Å². The normalized spacial score (nSPS) is 22.6. The Kier molecular flexibility index (Phi) is 2.37. The van der Waals surface area contributed by atoms with Crippen LogP contribution in [0.2, 0.25) is 0 Å². The van der Waals surface area contributed by atoms with Crippen molar-refractivity contribution in [3.63, 3.8) is 0 Å². The van der Waals surface area contributed by atoms with Crippen molar-refractivity contribution in [2.75, 3.05) is 13.2 Å². The second kappa shape index (κ2) is 3.75. The molecular weight excluding hydrogens is 202 g/mol. The summed E-state index contributed by atoms with van der Waals surface area (Å²) in [5.41, 5.74) is 7.41. The van der Waals surface area contributed by atoms with Crippen LogP contribution in [0.4, 0.5) is 0 Å². The van der Waals surface area contributed by atoms with Gasteiger partial charge in [0.1, 0.15) is 11.9 Å². The predicted molar refractivity (Wildman–Crippen MR) is 61.5 cm³/mol. The highest BCUT2D eigenvalue weighted by Crippen LogP contribution is 2.37. The van der Waals surface area contributed by atoms with Crippen molar-refractivity contribution < 1.29 is 9.47 Å². The first kappa shape index (κ1) is 10.1. The van der Waals surface area contributed by atoms with E-state index in [2.05, 4.69) is 6.07 Å². The van der Waals surface area contributed by atoms with E-state index in [1.807, 2.05) is 18.2 Å². The number of hydrogen-bond acceptors (Lipinski definition) is 3. The Morgan fingerprint density at radius 1 is 1.31 bits per heavy atom. The number of rotatable bonds is 4. The molecule has 1 aliphatic heterocycles. The predicted octanol–water partition coefficient (Wildman–Crippen LogP) is 1.50. The van der Waals surface area contributed by atoms with E-state index in [0.29, 0.717) is 13.2 Å². The second-order valence-corrected chi connectivity index (χ2v) is 4.92. The molecule has 2 fully saturated rings. The van der Waals surface area contributed by atoms with E-state index in [4.69, 9.17) is 15.2 Å². The average molecular weight is 219 g/mol. The first-order valence-electron chi connectivity index (χ1n) is 5.86. The fourth-order valence-corrected chi connectivity index (χ4v) is 1.94. The summed E-state index contributed by atoms with van der Waals surface area (Å²) in [6, 6.07) is 8.20. The first-order valence-corrected chi connectivity index (χ1v) is 5.86. The molecule has 0 atom stereocenters. The van der Waals surface area contributed by atoms with E-state index >= 15 is 0 Å². The van der Waals surface area contributed by atoms with Crippen molar-refractivity contribution >= 4 is 0 Å². The Morgan fingerprint density at radius 3 is 2.69 bits per heavy atom. The summed E-state index contributed by atoms with van der Waals surface area (Å²) in [4.78, 5) is 0. The number of ether oxygens (including phenoxy) is 2. The Labute approximate surface area is 95.5 Å². The summed E-state index contributed by atoms with van der Waals surface area (Å²) in [5, 5.41) is 0. The van der Waals surface area contributed by atoms with E-state index < -0.39 is 0 Å². The summed E-state index contributed by atoms with van der Waals surface area (Å²) in [6.45, 7) is 1.42. The van der Waals surface area contributed by atoms with Crippen LogP contribution in [0.1, 0.15) is 18.4 Å². The molecule has 2 N–H and O–H groups in total. The lowest BCUT2D eigenvalue weighted by Crippen LogP contribution is -2.39. The van der Waals surface area contributed by atoms with Gasteiger partial charge in [0, 0.05) is 5.54 Å². The minimum atomic E-state index is 0.0373. The zero-order valence-corrected chi connectivity index (χ0v) is 9.32. The van der Waals surface area contributed by atoms with Gasteiger partial charge >= 0.3 is 0 Å². The van der Waals surface area contributed by atoms with Crippen LogP contribution >= 0.6 is 0 Å². The van der Waals surface area contributed by atoms with Gasteiger partial charge in [-0.1, -0.05) is 18.2 Å². The molecule has 0 spiro atoms. The van der Waals surface area contributed by atoms with Gasteiger partial charge in [-0.15, -0.1) is 0 Å². The van der Waals surface area contributed by atoms with E-state index in [-0.39, 0.29) is 11.6 Å². The van der Waals surface area contributed by atoms with Crippen LogP contribution in [-0.4, -0.2) is 24.9 Å². The van der Waals surface area contributed by atoms with E-state index in [0.717, 1.165) is 25.0 Å². The van der Waals surface area contributed by atoms with Crippen molar-refractivity contribution in [1.29, 1.82) is 0 Å². The van der Waals surface area contributed by atoms with Crippen molar-refractivity contribution in [3.8, 4) is 5.75 Å². The summed E-state index contributed by atoms with van der Waals surface area (Å²) < 4.78 is 11.0. The molecule has 16 heavy (non-hydrogen) atoms. The maximum Gasteiger partial charge on any atom is 0.145 e. The SMILES string of the molecule is NC1(Cc2ccccc2OC2COC2)CC1. The van der Waals surface area contributed by atoms with Gasteiger partial charge in [0.05, 0.1) is 13.2 Å². The van der Waals surface area contributed by atoms with Crippen LogP contribution in [0.25, 0.3) is 0 Å². The zero-order chi connectivity index (χ0) is 11.0. The lowest BCUT2D eigenvalue weighted by molar-refractivity contribution is -0.0800. The van der Waals surface area contributed by atoms with Crippen LogP contribution in [0.3, 0.4) is 0 Å². The molecule has 1 aromatic carbocycles. The molecule has 0 aromatic heterocycles. The Morgan fingerprint density at radius 2 is 2.06 bits per heavy atom. The fraction of sp³-hybridized carbons (Fsp3) is 0.538. The third kappa shape index (κ3) is 2.06. The lowest BCUT2D eigenvalue weighted by Gasteiger charge is -2.28. The quantitative estimate of drug-likeness (QED) is 0.834. The topological polar surface area (TPSA) is 44.5 Å². The molecular formula is C13H17NO2. The Hall–Kier alpha value is -1.06. The van der Waals surface area contributed by atoms with Crippen LogP contribution in [-0.2, 0) is 11.2 Å². The first-order chi connectivity index (χ1) is 7.75. The fourth-order valence-electron chi connectivity index (χ4n) is 1.94. The second-order valence-electron chi connectivity index (χ2n) is 4.92. The Bertz CT molecular complexity index is 383. The molecule has 1 aliphatic carbocycles. The van der Waals surface area contributed by atoms with E-state index in [1.165, 1.54) is 5.56 Å².